The molecular formula is C19H20ClFN2O2. The SMILES string of the molecule is C=CCOc1ccc(CN(C)CC(=O)Nc2ccc(F)c(Cl)c2)cc1. The molecule has 0 atom stereocenters. The van der Waals surface area contributed by atoms with E-state index >= 15 is 0 Å². The highest BCUT2D eigenvalue weighted by Crippen LogP contribution is 2.19. The molecule has 0 saturated heterocycles. The van der Waals surface area contributed by atoms with Gasteiger partial charge in [-0.2, -0.15) is 0 Å². The van der Waals surface area contributed by atoms with E-state index in [-0.39, 0.29) is 17.5 Å². The van der Waals surface area contributed by atoms with Crippen molar-refractivity contribution < 1.29 is 13.9 Å². The molecule has 1 N–H and O–H groups in total. The van der Waals surface area contributed by atoms with Crippen LogP contribution in [0.5, 0.6) is 5.75 Å². The largest absolute Gasteiger partial charge is 0.490 e. The van der Waals surface area contributed by atoms with Gasteiger partial charge in [-0.15, -0.1) is 0 Å². The Morgan fingerprint density at radius 3 is 2.68 bits per heavy atom. The Morgan fingerprint density at radius 2 is 2.04 bits per heavy atom. The lowest BCUT2D eigenvalue weighted by molar-refractivity contribution is -0.117. The number of ether oxygens (including phenoxy) is 1. The Kier molecular flexibility index (Phi) is 6.98. The maximum atomic E-state index is 13.1. The number of likely N-dealkylation sites (N-methyl/N-ethyl adjacent to an activating group) is 1. The molecule has 1 amide bonds. The van der Waals surface area contributed by atoms with E-state index < -0.39 is 5.82 Å². The van der Waals surface area contributed by atoms with Crippen LogP contribution in [0.4, 0.5) is 10.1 Å². The molecule has 0 aromatic heterocycles. The van der Waals surface area contributed by atoms with Crippen LogP contribution in [0.25, 0.3) is 0 Å². The van der Waals surface area contributed by atoms with E-state index in [0.29, 0.717) is 18.8 Å². The number of rotatable bonds is 8. The summed E-state index contributed by atoms with van der Waals surface area (Å²) in [4.78, 5) is 13.9. The lowest BCUT2D eigenvalue weighted by Crippen LogP contribution is -2.29. The average Bonchev–Trinajstić information content (AvgIpc) is 2.57. The number of hydrogen-bond donors (Lipinski definition) is 1. The highest BCUT2D eigenvalue weighted by molar-refractivity contribution is 6.31. The number of hydrogen-bond acceptors (Lipinski definition) is 3. The maximum absolute atomic E-state index is 13.1. The first-order valence-corrected chi connectivity index (χ1v) is 8.12. The molecule has 0 aliphatic carbocycles. The molecule has 2 rings (SSSR count). The van der Waals surface area contributed by atoms with Gasteiger partial charge in [0.15, 0.2) is 0 Å². The van der Waals surface area contributed by atoms with Gasteiger partial charge in [-0.1, -0.05) is 36.4 Å². The van der Waals surface area contributed by atoms with Crippen LogP contribution in [0.1, 0.15) is 5.56 Å². The number of nitrogens with zero attached hydrogens (tertiary/aromatic N) is 1. The van der Waals surface area contributed by atoms with E-state index in [4.69, 9.17) is 16.3 Å². The van der Waals surface area contributed by atoms with Crippen molar-refractivity contribution >= 4 is 23.2 Å². The van der Waals surface area contributed by atoms with Gasteiger partial charge in [-0.25, -0.2) is 4.39 Å². The molecule has 0 aliphatic rings. The normalized spacial score (nSPS) is 10.6. The van der Waals surface area contributed by atoms with Crippen LogP contribution in [-0.4, -0.2) is 31.0 Å². The second-order valence-corrected chi connectivity index (χ2v) is 6.00. The van der Waals surface area contributed by atoms with Gasteiger partial charge in [0.1, 0.15) is 18.2 Å². The fourth-order valence-electron chi connectivity index (χ4n) is 2.23. The molecule has 2 aromatic carbocycles. The minimum absolute atomic E-state index is 0.0232. The Balaban J connectivity index is 1.84. The molecular weight excluding hydrogens is 343 g/mol. The second kappa shape index (κ2) is 9.20. The summed E-state index contributed by atoms with van der Waals surface area (Å²) in [5, 5.41) is 2.67. The highest BCUT2D eigenvalue weighted by atomic mass is 35.5. The summed E-state index contributed by atoms with van der Waals surface area (Å²) in [5.74, 6) is 0.0608. The molecule has 25 heavy (non-hydrogen) atoms. The van der Waals surface area contributed by atoms with Crippen molar-refractivity contribution in [1.82, 2.24) is 4.90 Å². The van der Waals surface area contributed by atoms with E-state index in [1.165, 1.54) is 18.2 Å². The highest BCUT2D eigenvalue weighted by Gasteiger charge is 2.09. The lowest BCUT2D eigenvalue weighted by Gasteiger charge is -2.17. The Morgan fingerprint density at radius 1 is 1.32 bits per heavy atom. The molecule has 2 aromatic rings. The predicted molar refractivity (Wildman–Crippen MR) is 98.5 cm³/mol. The van der Waals surface area contributed by atoms with Crippen molar-refractivity contribution in [2.24, 2.45) is 0 Å². The van der Waals surface area contributed by atoms with Gasteiger partial charge in [-0.05, 0) is 42.9 Å². The first-order chi connectivity index (χ1) is 12.0. The van der Waals surface area contributed by atoms with Gasteiger partial charge in [-0.3, -0.25) is 9.69 Å². The van der Waals surface area contributed by atoms with Gasteiger partial charge >= 0.3 is 0 Å². The van der Waals surface area contributed by atoms with Crippen molar-refractivity contribution in [3.63, 3.8) is 0 Å². The molecule has 0 bridgehead atoms. The molecule has 0 fully saturated rings. The minimum Gasteiger partial charge on any atom is -0.490 e. The molecule has 0 heterocycles. The van der Waals surface area contributed by atoms with Gasteiger partial charge < -0.3 is 10.1 Å². The number of amides is 1. The monoisotopic (exact) mass is 362 g/mol. The van der Waals surface area contributed by atoms with Gasteiger partial charge in [0, 0.05) is 12.2 Å². The fourth-order valence-corrected chi connectivity index (χ4v) is 2.41. The van der Waals surface area contributed by atoms with Gasteiger partial charge in [0.25, 0.3) is 0 Å². The molecule has 0 aliphatic heterocycles. The van der Waals surface area contributed by atoms with Crippen LogP contribution in [0.2, 0.25) is 5.02 Å². The zero-order valence-electron chi connectivity index (χ0n) is 14.0. The lowest BCUT2D eigenvalue weighted by atomic mass is 10.2. The van der Waals surface area contributed by atoms with E-state index in [9.17, 15) is 9.18 Å². The predicted octanol–water partition coefficient (Wildman–Crippen LogP) is 4.11. The average molecular weight is 363 g/mol. The number of benzene rings is 2. The first-order valence-electron chi connectivity index (χ1n) is 7.74. The molecule has 0 saturated carbocycles. The fraction of sp³-hybridized carbons (Fsp3) is 0.211. The summed E-state index contributed by atoms with van der Waals surface area (Å²) >= 11 is 5.70. The van der Waals surface area contributed by atoms with Gasteiger partial charge in [0.2, 0.25) is 5.91 Å². The van der Waals surface area contributed by atoms with Crippen LogP contribution in [-0.2, 0) is 11.3 Å². The molecule has 0 radical (unpaired) electrons. The van der Waals surface area contributed by atoms with Crippen LogP contribution < -0.4 is 10.1 Å². The molecule has 6 heteroatoms. The van der Waals surface area contributed by atoms with Crippen LogP contribution in [0.3, 0.4) is 0 Å². The Bertz CT molecular complexity index is 735. The van der Waals surface area contributed by atoms with E-state index in [0.717, 1.165) is 11.3 Å². The third-order valence-electron chi connectivity index (χ3n) is 3.36. The standard InChI is InChI=1S/C19H20ClFN2O2/c1-3-10-25-16-7-4-14(5-8-16)12-23(2)13-19(24)22-15-6-9-18(21)17(20)11-15/h3-9,11H,1,10,12-13H2,2H3,(H,22,24). The van der Waals surface area contributed by atoms with Crippen LogP contribution >= 0.6 is 11.6 Å². The van der Waals surface area contributed by atoms with E-state index in [1.54, 1.807) is 6.08 Å². The Hall–Kier alpha value is -2.37. The topological polar surface area (TPSA) is 41.6 Å². The quantitative estimate of drug-likeness (QED) is 0.718. The summed E-state index contributed by atoms with van der Waals surface area (Å²) in [6.07, 6.45) is 1.69. The van der Waals surface area contributed by atoms with E-state index in [2.05, 4.69) is 11.9 Å². The van der Waals surface area contributed by atoms with Crippen molar-refractivity contribution in [3.05, 3.63) is 71.5 Å². The summed E-state index contributed by atoms with van der Waals surface area (Å²) in [6, 6.07) is 11.7. The number of carbonyl (C=O) groups is 1. The molecule has 0 unspecified atom stereocenters. The summed E-state index contributed by atoms with van der Waals surface area (Å²) < 4.78 is 18.5. The smallest absolute Gasteiger partial charge is 0.238 e. The third kappa shape index (κ3) is 6.21. The van der Waals surface area contributed by atoms with Crippen molar-refractivity contribution in [1.29, 1.82) is 0 Å². The number of carbonyl (C=O) groups excluding carboxylic acids is 1. The molecule has 132 valence electrons. The Labute approximate surface area is 151 Å². The number of nitrogens with one attached hydrogen (secondary N) is 1. The number of halogens is 2. The first kappa shape index (κ1) is 19.0. The van der Waals surface area contributed by atoms with Crippen LogP contribution in [0, 0.1) is 5.82 Å². The van der Waals surface area contributed by atoms with Crippen molar-refractivity contribution in [2.45, 2.75) is 6.54 Å². The van der Waals surface area contributed by atoms with Crippen molar-refractivity contribution in [3.8, 4) is 5.75 Å². The second-order valence-electron chi connectivity index (χ2n) is 5.59. The zero-order chi connectivity index (χ0) is 18.2. The van der Waals surface area contributed by atoms with Crippen molar-refractivity contribution in [2.75, 3.05) is 25.5 Å². The number of anilines is 1. The zero-order valence-corrected chi connectivity index (χ0v) is 14.7. The maximum Gasteiger partial charge on any atom is 0.238 e. The summed E-state index contributed by atoms with van der Waals surface area (Å²) in [5.41, 5.74) is 1.53. The minimum atomic E-state index is -0.516. The van der Waals surface area contributed by atoms with E-state index in [1.807, 2.05) is 36.2 Å². The summed E-state index contributed by atoms with van der Waals surface area (Å²) in [7, 11) is 1.85. The third-order valence-corrected chi connectivity index (χ3v) is 3.65. The molecule has 4 nitrogen and oxygen atoms in total. The molecule has 0 spiro atoms. The summed E-state index contributed by atoms with van der Waals surface area (Å²) in [6.45, 7) is 4.88. The van der Waals surface area contributed by atoms with Gasteiger partial charge in [0.05, 0.1) is 11.6 Å². The van der Waals surface area contributed by atoms with Crippen LogP contribution in [0.15, 0.2) is 55.1 Å².